The fourth-order valence-electron chi connectivity index (χ4n) is 0.587. The number of nitrogens with one attached hydrogen (secondary N) is 1. The number of anilines is 1. The zero-order valence-corrected chi connectivity index (χ0v) is 6.48. The minimum Gasteiger partial charge on any atom is -0.475 e. The molecule has 0 spiro atoms. The number of carboxylic acid groups (broad SMARTS) is 1. The van der Waals surface area contributed by atoms with E-state index >= 15 is 0 Å². The fraction of sp³-hybridized carbons (Fsp3) is 0. The summed E-state index contributed by atoms with van der Waals surface area (Å²) < 4.78 is 4.63. The van der Waals surface area contributed by atoms with E-state index in [-0.39, 0.29) is 11.8 Å². The Morgan fingerprint density at radius 2 is 2.38 bits per heavy atom. The molecule has 0 aliphatic heterocycles. The van der Waals surface area contributed by atoms with Crippen LogP contribution >= 0.6 is 0 Å². The average molecular weight is 182 g/mol. The van der Waals surface area contributed by atoms with Gasteiger partial charge in [-0.15, -0.1) is 0 Å². The van der Waals surface area contributed by atoms with Gasteiger partial charge in [-0.05, 0) is 6.08 Å². The van der Waals surface area contributed by atoms with Gasteiger partial charge in [0.1, 0.15) is 0 Å². The first kappa shape index (κ1) is 8.98. The van der Waals surface area contributed by atoms with Gasteiger partial charge in [0.25, 0.3) is 5.91 Å². The summed E-state index contributed by atoms with van der Waals surface area (Å²) in [5.41, 5.74) is 0. The quantitative estimate of drug-likeness (QED) is 0.664. The summed E-state index contributed by atoms with van der Waals surface area (Å²) in [7, 11) is 0. The molecule has 0 bridgehead atoms. The molecule has 1 amide bonds. The van der Waals surface area contributed by atoms with Crippen LogP contribution in [0.5, 0.6) is 0 Å². The van der Waals surface area contributed by atoms with Crippen molar-refractivity contribution in [3.05, 3.63) is 24.6 Å². The lowest BCUT2D eigenvalue weighted by Gasteiger charge is -1.92. The molecule has 6 heteroatoms. The van der Waals surface area contributed by atoms with E-state index in [0.29, 0.717) is 0 Å². The van der Waals surface area contributed by atoms with Crippen LogP contribution in [0.1, 0.15) is 10.6 Å². The van der Waals surface area contributed by atoms with Crippen LogP contribution in [0.25, 0.3) is 0 Å². The van der Waals surface area contributed by atoms with Crippen molar-refractivity contribution in [2.75, 3.05) is 5.32 Å². The number of oxazole rings is 1. The zero-order valence-electron chi connectivity index (χ0n) is 6.48. The Kier molecular flexibility index (Phi) is 2.44. The number of aromatic carboxylic acids is 1. The largest absolute Gasteiger partial charge is 0.475 e. The molecule has 68 valence electrons. The smallest absolute Gasteiger partial charge is 0.373 e. The standard InChI is InChI=1S/C7H6N2O4/c1-2-5(10)9-7-8-3-4(13-7)6(11)12/h2-3H,1H2,(H,11,12)(H,8,9,10). The first-order chi connectivity index (χ1) is 6.13. The highest BCUT2D eigenvalue weighted by Gasteiger charge is 2.10. The van der Waals surface area contributed by atoms with E-state index < -0.39 is 11.9 Å². The minimum absolute atomic E-state index is 0.165. The lowest BCUT2D eigenvalue weighted by Crippen LogP contribution is -2.07. The number of nitrogens with zero attached hydrogens (tertiary/aromatic N) is 1. The van der Waals surface area contributed by atoms with E-state index in [9.17, 15) is 9.59 Å². The van der Waals surface area contributed by atoms with Gasteiger partial charge in [0, 0.05) is 0 Å². The molecule has 0 unspecified atom stereocenters. The summed E-state index contributed by atoms with van der Waals surface area (Å²) in [6, 6.07) is -0.165. The molecule has 0 saturated heterocycles. The van der Waals surface area contributed by atoms with E-state index in [1.54, 1.807) is 0 Å². The SMILES string of the molecule is C=CC(=O)Nc1ncc(C(=O)O)o1. The third-order valence-electron chi connectivity index (χ3n) is 1.13. The van der Waals surface area contributed by atoms with Gasteiger partial charge < -0.3 is 9.52 Å². The molecule has 1 aromatic rings. The van der Waals surface area contributed by atoms with Crippen molar-refractivity contribution in [1.29, 1.82) is 0 Å². The molecule has 0 aliphatic rings. The van der Waals surface area contributed by atoms with Gasteiger partial charge in [0.15, 0.2) is 0 Å². The van der Waals surface area contributed by atoms with Crippen molar-refractivity contribution < 1.29 is 19.1 Å². The number of rotatable bonds is 3. The second kappa shape index (κ2) is 3.53. The van der Waals surface area contributed by atoms with E-state index in [1.807, 2.05) is 0 Å². The average Bonchev–Trinajstić information content (AvgIpc) is 2.52. The molecule has 2 N–H and O–H groups in total. The summed E-state index contributed by atoms with van der Waals surface area (Å²) in [6.07, 6.45) is 2.02. The number of hydrogen-bond acceptors (Lipinski definition) is 4. The van der Waals surface area contributed by atoms with E-state index in [0.717, 1.165) is 12.3 Å². The van der Waals surface area contributed by atoms with Crippen molar-refractivity contribution in [3.63, 3.8) is 0 Å². The number of hydrogen-bond donors (Lipinski definition) is 2. The number of carboxylic acids is 1. The van der Waals surface area contributed by atoms with Crippen LogP contribution in [0.15, 0.2) is 23.3 Å². The number of carbonyl (C=O) groups is 2. The monoisotopic (exact) mass is 182 g/mol. The van der Waals surface area contributed by atoms with Gasteiger partial charge in [-0.2, -0.15) is 0 Å². The van der Waals surface area contributed by atoms with Crippen molar-refractivity contribution in [1.82, 2.24) is 4.98 Å². The summed E-state index contributed by atoms with van der Waals surface area (Å²) in [5.74, 6) is -2.09. The molecule has 0 saturated carbocycles. The summed E-state index contributed by atoms with van der Waals surface area (Å²) in [4.78, 5) is 24.5. The second-order valence-electron chi connectivity index (χ2n) is 2.03. The second-order valence-corrected chi connectivity index (χ2v) is 2.03. The highest BCUT2D eigenvalue weighted by atomic mass is 16.4. The molecule has 6 nitrogen and oxygen atoms in total. The first-order valence-corrected chi connectivity index (χ1v) is 3.26. The predicted molar refractivity (Wildman–Crippen MR) is 42.3 cm³/mol. The number of amides is 1. The van der Waals surface area contributed by atoms with E-state index in [1.165, 1.54) is 0 Å². The highest BCUT2D eigenvalue weighted by Crippen LogP contribution is 2.07. The van der Waals surface area contributed by atoms with E-state index in [2.05, 4.69) is 21.3 Å². The third-order valence-corrected chi connectivity index (χ3v) is 1.13. The molecule has 0 fully saturated rings. The topological polar surface area (TPSA) is 92.4 Å². The molecule has 0 radical (unpaired) electrons. The fourth-order valence-corrected chi connectivity index (χ4v) is 0.587. The van der Waals surface area contributed by atoms with Crippen molar-refractivity contribution in [2.24, 2.45) is 0 Å². The maximum Gasteiger partial charge on any atom is 0.373 e. The van der Waals surface area contributed by atoms with Crippen molar-refractivity contribution in [2.45, 2.75) is 0 Å². The minimum atomic E-state index is -1.24. The van der Waals surface area contributed by atoms with Crippen molar-refractivity contribution in [3.8, 4) is 0 Å². The van der Waals surface area contributed by atoms with Crippen LogP contribution in [0.3, 0.4) is 0 Å². The third kappa shape index (κ3) is 2.16. The first-order valence-electron chi connectivity index (χ1n) is 3.26. The maximum atomic E-state index is 10.7. The van der Waals surface area contributed by atoms with Crippen LogP contribution in [-0.4, -0.2) is 22.0 Å². The van der Waals surface area contributed by atoms with Gasteiger partial charge >= 0.3 is 12.0 Å². The summed E-state index contributed by atoms with van der Waals surface area (Å²) in [6.45, 7) is 3.20. The Labute approximate surface area is 72.9 Å². The summed E-state index contributed by atoms with van der Waals surface area (Å²) >= 11 is 0. The molecule has 1 heterocycles. The van der Waals surface area contributed by atoms with Gasteiger partial charge in [0.2, 0.25) is 5.76 Å². The Bertz CT molecular complexity index is 355. The number of aromatic nitrogens is 1. The van der Waals surface area contributed by atoms with Crippen LogP contribution in [0.4, 0.5) is 6.01 Å². The van der Waals surface area contributed by atoms with Crippen molar-refractivity contribution >= 4 is 17.9 Å². The Morgan fingerprint density at radius 1 is 1.69 bits per heavy atom. The molecule has 0 aliphatic carbocycles. The van der Waals surface area contributed by atoms with Crippen LogP contribution in [0.2, 0.25) is 0 Å². The molecular formula is C7H6N2O4. The van der Waals surface area contributed by atoms with Gasteiger partial charge in [-0.25, -0.2) is 9.78 Å². The molecule has 0 aromatic carbocycles. The van der Waals surface area contributed by atoms with Crippen LogP contribution in [0, 0.1) is 0 Å². The molecule has 1 rings (SSSR count). The number of carbonyl (C=O) groups excluding carboxylic acids is 1. The molecule has 1 aromatic heterocycles. The maximum absolute atomic E-state index is 10.7. The Balaban J connectivity index is 2.74. The predicted octanol–water partition coefficient (Wildman–Crippen LogP) is 0.497. The van der Waals surface area contributed by atoms with Crippen LogP contribution in [-0.2, 0) is 4.79 Å². The lowest BCUT2D eigenvalue weighted by atomic mass is 10.5. The Hall–Kier alpha value is -2.11. The normalized spacial score (nSPS) is 9.23. The zero-order chi connectivity index (χ0) is 9.84. The molecule has 0 atom stereocenters. The highest BCUT2D eigenvalue weighted by molar-refractivity contribution is 5.97. The van der Waals surface area contributed by atoms with Crippen LogP contribution < -0.4 is 5.32 Å². The molecular weight excluding hydrogens is 176 g/mol. The lowest BCUT2D eigenvalue weighted by molar-refractivity contribution is -0.112. The molecule has 13 heavy (non-hydrogen) atoms. The van der Waals surface area contributed by atoms with Gasteiger partial charge in [-0.1, -0.05) is 6.58 Å². The van der Waals surface area contributed by atoms with E-state index in [4.69, 9.17) is 5.11 Å². The summed E-state index contributed by atoms with van der Waals surface area (Å²) in [5, 5.41) is 10.6. The van der Waals surface area contributed by atoms with Gasteiger partial charge in [0.05, 0.1) is 6.20 Å². The Morgan fingerprint density at radius 3 is 2.85 bits per heavy atom. The van der Waals surface area contributed by atoms with Gasteiger partial charge in [-0.3, -0.25) is 10.1 Å².